The van der Waals surface area contributed by atoms with Crippen LogP contribution in [0.25, 0.3) is 0 Å². The minimum atomic E-state index is 0.807. The van der Waals surface area contributed by atoms with E-state index < -0.39 is 0 Å². The monoisotopic (exact) mass is 222 g/mol. The maximum Gasteiger partial charge on any atom is 0.0209 e. The third-order valence-electron chi connectivity index (χ3n) is 4.87. The number of likely N-dealkylation sites (tertiary alicyclic amines) is 1. The number of hydrogen-bond donors (Lipinski definition) is 1. The summed E-state index contributed by atoms with van der Waals surface area (Å²) in [6.07, 6.45) is 10.0. The fourth-order valence-electron chi connectivity index (χ4n) is 3.63. The van der Waals surface area contributed by atoms with Crippen molar-refractivity contribution >= 4 is 0 Å². The first-order valence-corrected chi connectivity index (χ1v) is 7.35. The van der Waals surface area contributed by atoms with Crippen molar-refractivity contribution in [2.75, 3.05) is 13.1 Å². The van der Waals surface area contributed by atoms with Crippen LogP contribution in [-0.4, -0.2) is 36.1 Å². The Morgan fingerprint density at radius 1 is 1.06 bits per heavy atom. The Morgan fingerprint density at radius 2 is 1.94 bits per heavy atom. The Balaban J connectivity index is 1.42. The van der Waals surface area contributed by atoms with Crippen LogP contribution in [0.15, 0.2) is 0 Å². The van der Waals surface area contributed by atoms with E-state index in [0.717, 1.165) is 24.0 Å². The molecule has 0 aromatic carbocycles. The number of hydrogen-bond acceptors (Lipinski definition) is 2. The zero-order valence-electron chi connectivity index (χ0n) is 10.6. The maximum absolute atomic E-state index is 3.91. The highest BCUT2D eigenvalue weighted by Gasteiger charge is 2.35. The Bertz CT molecular complexity index is 237. The molecule has 2 nitrogen and oxygen atoms in total. The van der Waals surface area contributed by atoms with Crippen molar-refractivity contribution in [3.8, 4) is 0 Å². The van der Waals surface area contributed by atoms with Crippen molar-refractivity contribution in [1.29, 1.82) is 0 Å². The van der Waals surface area contributed by atoms with Gasteiger partial charge in [-0.25, -0.2) is 0 Å². The van der Waals surface area contributed by atoms with Gasteiger partial charge in [-0.05, 0) is 44.4 Å². The fraction of sp³-hybridized carbons (Fsp3) is 1.00. The van der Waals surface area contributed by atoms with Crippen LogP contribution in [0.1, 0.15) is 51.9 Å². The Labute approximate surface area is 99.8 Å². The van der Waals surface area contributed by atoms with Gasteiger partial charge < -0.3 is 5.32 Å². The summed E-state index contributed by atoms with van der Waals surface area (Å²) in [5.41, 5.74) is 0. The lowest BCUT2D eigenvalue weighted by atomic mass is 10.1. The second kappa shape index (κ2) is 4.66. The maximum atomic E-state index is 3.91. The molecule has 16 heavy (non-hydrogen) atoms. The van der Waals surface area contributed by atoms with Crippen molar-refractivity contribution in [3.63, 3.8) is 0 Å². The van der Waals surface area contributed by atoms with E-state index in [1.807, 2.05) is 0 Å². The lowest BCUT2D eigenvalue weighted by molar-refractivity contribution is 0.311. The second-order valence-corrected chi connectivity index (χ2v) is 6.16. The number of rotatable bonds is 4. The van der Waals surface area contributed by atoms with Crippen LogP contribution in [0.4, 0.5) is 0 Å². The number of nitrogens with one attached hydrogen (secondary N) is 1. The van der Waals surface area contributed by atoms with Crippen molar-refractivity contribution in [1.82, 2.24) is 10.2 Å². The van der Waals surface area contributed by atoms with Crippen LogP contribution in [0.2, 0.25) is 0 Å². The molecule has 1 N–H and O–H groups in total. The molecular formula is C14H26N2. The fourth-order valence-corrected chi connectivity index (χ4v) is 3.63. The molecule has 0 radical (unpaired) electrons. The lowest BCUT2D eigenvalue weighted by Crippen LogP contribution is -2.39. The average molecular weight is 222 g/mol. The summed E-state index contributed by atoms with van der Waals surface area (Å²) < 4.78 is 0. The molecule has 1 saturated heterocycles. The zero-order valence-corrected chi connectivity index (χ0v) is 10.6. The first-order chi connectivity index (χ1) is 7.85. The third-order valence-corrected chi connectivity index (χ3v) is 4.87. The van der Waals surface area contributed by atoms with E-state index >= 15 is 0 Å². The van der Waals surface area contributed by atoms with Crippen LogP contribution in [-0.2, 0) is 0 Å². The van der Waals surface area contributed by atoms with E-state index in [9.17, 15) is 0 Å². The molecule has 92 valence electrons. The first kappa shape index (κ1) is 11.0. The van der Waals surface area contributed by atoms with E-state index in [2.05, 4.69) is 17.1 Å². The van der Waals surface area contributed by atoms with Crippen molar-refractivity contribution in [2.45, 2.75) is 70.0 Å². The quantitative estimate of drug-likeness (QED) is 0.786. The van der Waals surface area contributed by atoms with Gasteiger partial charge in [-0.15, -0.1) is 0 Å². The standard InChI is InChI=1S/C14H26N2/c1-2-11-3-4-12(9-11)15-13-7-8-16(10-13)14-5-6-14/h11-15H,2-10H2,1H3. The number of nitrogens with zero attached hydrogens (tertiary/aromatic N) is 1. The van der Waals surface area contributed by atoms with Gasteiger partial charge in [0.15, 0.2) is 0 Å². The van der Waals surface area contributed by atoms with Crippen LogP contribution < -0.4 is 5.32 Å². The molecule has 3 rings (SSSR count). The largest absolute Gasteiger partial charge is 0.310 e. The van der Waals surface area contributed by atoms with Gasteiger partial charge in [0, 0.05) is 31.2 Å². The molecule has 0 amide bonds. The van der Waals surface area contributed by atoms with Gasteiger partial charge in [0.1, 0.15) is 0 Å². The van der Waals surface area contributed by atoms with Gasteiger partial charge >= 0.3 is 0 Å². The molecule has 2 aliphatic carbocycles. The molecule has 2 heteroatoms. The molecule has 0 aromatic rings. The molecule has 3 atom stereocenters. The summed E-state index contributed by atoms with van der Waals surface area (Å²) in [6, 6.07) is 2.62. The SMILES string of the molecule is CCC1CCC(NC2CCN(C3CC3)C2)C1. The van der Waals surface area contributed by atoms with Crippen molar-refractivity contribution < 1.29 is 0 Å². The molecule has 0 bridgehead atoms. The normalized spacial score (nSPS) is 40.7. The van der Waals surface area contributed by atoms with E-state index in [0.29, 0.717) is 0 Å². The molecule has 3 aliphatic rings. The Kier molecular flexibility index (Phi) is 3.21. The van der Waals surface area contributed by atoms with E-state index in [1.54, 1.807) is 0 Å². The molecule has 2 saturated carbocycles. The third kappa shape index (κ3) is 2.43. The molecule has 0 aromatic heterocycles. The van der Waals surface area contributed by atoms with Crippen LogP contribution in [0, 0.1) is 5.92 Å². The molecular weight excluding hydrogens is 196 g/mol. The second-order valence-electron chi connectivity index (χ2n) is 6.16. The van der Waals surface area contributed by atoms with Gasteiger partial charge in [0.25, 0.3) is 0 Å². The topological polar surface area (TPSA) is 15.3 Å². The van der Waals surface area contributed by atoms with Crippen LogP contribution in [0.5, 0.6) is 0 Å². The zero-order chi connectivity index (χ0) is 11.0. The average Bonchev–Trinajstić information content (AvgIpc) is 2.88. The van der Waals surface area contributed by atoms with Gasteiger partial charge in [-0.1, -0.05) is 13.3 Å². The van der Waals surface area contributed by atoms with Gasteiger partial charge in [0.05, 0.1) is 0 Å². The van der Waals surface area contributed by atoms with Crippen molar-refractivity contribution in [2.24, 2.45) is 5.92 Å². The first-order valence-electron chi connectivity index (χ1n) is 7.35. The van der Waals surface area contributed by atoms with E-state index in [1.165, 1.54) is 58.0 Å². The highest BCUT2D eigenvalue weighted by atomic mass is 15.2. The van der Waals surface area contributed by atoms with Crippen molar-refractivity contribution in [3.05, 3.63) is 0 Å². The molecule has 3 fully saturated rings. The molecule has 1 aliphatic heterocycles. The predicted octanol–water partition coefficient (Wildman–Crippen LogP) is 2.39. The van der Waals surface area contributed by atoms with Gasteiger partial charge in [-0.3, -0.25) is 4.90 Å². The summed E-state index contributed by atoms with van der Waals surface area (Å²) in [6.45, 7) is 5.03. The van der Waals surface area contributed by atoms with Crippen LogP contribution in [0.3, 0.4) is 0 Å². The highest BCUT2D eigenvalue weighted by Crippen LogP contribution is 2.32. The van der Waals surface area contributed by atoms with E-state index in [4.69, 9.17) is 0 Å². The Morgan fingerprint density at radius 3 is 2.62 bits per heavy atom. The minimum Gasteiger partial charge on any atom is -0.310 e. The molecule has 1 heterocycles. The smallest absolute Gasteiger partial charge is 0.0209 e. The van der Waals surface area contributed by atoms with Gasteiger partial charge in [0.2, 0.25) is 0 Å². The summed E-state index contributed by atoms with van der Waals surface area (Å²) in [4.78, 5) is 2.71. The Hall–Kier alpha value is -0.0800. The summed E-state index contributed by atoms with van der Waals surface area (Å²) in [5, 5.41) is 3.91. The van der Waals surface area contributed by atoms with Gasteiger partial charge in [-0.2, -0.15) is 0 Å². The lowest BCUT2D eigenvalue weighted by Gasteiger charge is -2.20. The highest BCUT2D eigenvalue weighted by molar-refractivity contribution is 4.93. The predicted molar refractivity (Wildman–Crippen MR) is 67.6 cm³/mol. The molecule has 0 spiro atoms. The summed E-state index contributed by atoms with van der Waals surface area (Å²) in [5.74, 6) is 1.01. The van der Waals surface area contributed by atoms with E-state index in [-0.39, 0.29) is 0 Å². The molecule has 3 unspecified atom stereocenters. The van der Waals surface area contributed by atoms with Crippen LogP contribution >= 0.6 is 0 Å². The minimum absolute atomic E-state index is 0.807. The summed E-state index contributed by atoms with van der Waals surface area (Å²) in [7, 11) is 0. The summed E-state index contributed by atoms with van der Waals surface area (Å²) >= 11 is 0.